The van der Waals surface area contributed by atoms with Crippen LogP contribution in [0.3, 0.4) is 0 Å². The van der Waals surface area contributed by atoms with Crippen LogP contribution >= 0.6 is 0 Å². The van der Waals surface area contributed by atoms with E-state index in [1.165, 1.54) is 6.33 Å². The van der Waals surface area contributed by atoms with Crippen molar-refractivity contribution >= 4 is 5.91 Å². The van der Waals surface area contributed by atoms with Gasteiger partial charge in [-0.05, 0) is 12.8 Å². The Labute approximate surface area is 133 Å². The summed E-state index contributed by atoms with van der Waals surface area (Å²) in [4.78, 5) is 23.0. The summed E-state index contributed by atoms with van der Waals surface area (Å²) < 4.78 is 3.92. The molecule has 1 amide bonds. The maximum Gasteiger partial charge on any atom is 0.226 e. The van der Waals surface area contributed by atoms with Gasteiger partial charge in [0.05, 0.1) is 12.6 Å². The maximum absolute atomic E-state index is 12.7. The molecule has 0 radical (unpaired) electrons. The van der Waals surface area contributed by atoms with Crippen molar-refractivity contribution in [3.63, 3.8) is 0 Å². The summed E-state index contributed by atoms with van der Waals surface area (Å²) in [5.41, 5.74) is 0. The van der Waals surface area contributed by atoms with Gasteiger partial charge in [0.1, 0.15) is 18.5 Å². The summed E-state index contributed by atoms with van der Waals surface area (Å²) in [6, 6.07) is 0. The Morgan fingerprint density at radius 2 is 2.22 bits per heavy atom. The number of aromatic nitrogens is 5. The minimum absolute atomic E-state index is 0.0430. The Bertz CT molecular complexity index is 676. The number of aliphatic hydroxyl groups is 1. The minimum atomic E-state index is -0.316. The third-order valence-corrected chi connectivity index (χ3v) is 4.75. The lowest BCUT2D eigenvalue weighted by Gasteiger charge is -2.35. The molecule has 1 fully saturated rings. The van der Waals surface area contributed by atoms with Gasteiger partial charge in [-0.25, -0.2) is 9.97 Å². The molecule has 2 aliphatic rings. The molecule has 1 N–H and O–H groups in total. The summed E-state index contributed by atoms with van der Waals surface area (Å²) in [5, 5.41) is 13.6. The van der Waals surface area contributed by atoms with Gasteiger partial charge in [0.15, 0.2) is 0 Å². The third-order valence-electron chi connectivity index (χ3n) is 4.75. The molecule has 0 aromatic carbocycles. The smallest absolute Gasteiger partial charge is 0.226 e. The maximum atomic E-state index is 12.7. The van der Waals surface area contributed by atoms with Crippen LogP contribution in [0, 0.1) is 11.8 Å². The molecule has 1 aliphatic carbocycles. The summed E-state index contributed by atoms with van der Waals surface area (Å²) in [6.07, 6.45) is 7.82. The minimum Gasteiger partial charge on any atom is -0.393 e. The van der Waals surface area contributed by atoms with Crippen molar-refractivity contribution in [3.05, 3.63) is 30.9 Å². The molecule has 23 heavy (non-hydrogen) atoms. The Morgan fingerprint density at radius 1 is 1.35 bits per heavy atom. The Balaban J connectivity index is 1.53. The van der Waals surface area contributed by atoms with E-state index in [9.17, 15) is 9.90 Å². The molecular weight excluding hydrogens is 296 g/mol. The van der Waals surface area contributed by atoms with Gasteiger partial charge in [-0.15, -0.1) is 0 Å². The van der Waals surface area contributed by atoms with E-state index in [-0.39, 0.29) is 23.8 Å². The fourth-order valence-electron chi connectivity index (χ4n) is 3.46. The van der Waals surface area contributed by atoms with E-state index >= 15 is 0 Å². The van der Waals surface area contributed by atoms with Gasteiger partial charge in [0.2, 0.25) is 5.91 Å². The quantitative estimate of drug-likeness (QED) is 0.854. The van der Waals surface area contributed by atoms with Crippen LogP contribution < -0.4 is 0 Å². The fraction of sp³-hybridized carbons (Fsp3) is 0.600. The molecule has 0 bridgehead atoms. The molecule has 1 aliphatic heterocycles. The number of fused-ring (bicyclic) bond motifs is 1. The molecular formula is C15H20N6O2. The highest BCUT2D eigenvalue weighted by molar-refractivity contribution is 5.79. The van der Waals surface area contributed by atoms with Crippen molar-refractivity contribution in [1.82, 2.24) is 29.2 Å². The predicted octanol–water partition coefficient (Wildman–Crippen LogP) is -0.0959. The molecule has 3 heterocycles. The number of hydrogen-bond donors (Lipinski definition) is 1. The monoisotopic (exact) mass is 316 g/mol. The summed E-state index contributed by atoms with van der Waals surface area (Å²) >= 11 is 0. The number of carbonyl (C=O) groups is 1. The van der Waals surface area contributed by atoms with Gasteiger partial charge >= 0.3 is 0 Å². The molecule has 8 heteroatoms. The highest BCUT2D eigenvalue weighted by Crippen LogP contribution is 2.30. The van der Waals surface area contributed by atoms with Gasteiger partial charge < -0.3 is 14.6 Å². The molecule has 2 aromatic heterocycles. The second-order valence-corrected chi connectivity index (χ2v) is 6.52. The number of hydrogen-bond acceptors (Lipinski definition) is 5. The second-order valence-electron chi connectivity index (χ2n) is 6.52. The van der Waals surface area contributed by atoms with Gasteiger partial charge in [-0.3, -0.25) is 9.48 Å². The van der Waals surface area contributed by atoms with Crippen molar-refractivity contribution in [2.75, 3.05) is 6.54 Å². The molecule has 2 aromatic rings. The summed E-state index contributed by atoms with van der Waals surface area (Å²) in [6.45, 7) is 2.74. The molecule has 8 nitrogen and oxygen atoms in total. The molecule has 1 atom stereocenters. The van der Waals surface area contributed by atoms with Crippen molar-refractivity contribution in [2.24, 2.45) is 11.8 Å². The molecule has 0 saturated heterocycles. The van der Waals surface area contributed by atoms with Gasteiger partial charge in [-0.2, -0.15) is 5.10 Å². The lowest BCUT2D eigenvalue weighted by Crippen LogP contribution is -2.45. The second kappa shape index (κ2) is 5.77. The molecule has 1 saturated carbocycles. The first-order chi connectivity index (χ1) is 11.2. The van der Waals surface area contributed by atoms with Gasteiger partial charge in [0.25, 0.3) is 0 Å². The van der Waals surface area contributed by atoms with Gasteiger partial charge in [-0.1, -0.05) is 0 Å². The average molecular weight is 316 g/mol. The van der Waals surface area contributed by atoms with Crippen molar-refractivity contribution in [1.29, 1.82) is 0 Å². The topological polar surface area (TPSA) is 89.1 Å². The van der Waals surface area contributed by atoms with Crippen LogP contribution in [0.5, 0.6) is 0 Å². The van der Waals surface area contributed by atoms with E-state index in [1.54, 1.807) is 12.5 Å². The first-order valence-corrected chi connectivity index (χ1v) is 7.98. The largest absolute Gasteiger partial charge is 0.393 e. The zero-order chi connectivity index (χ0) is 15.8. The van der Waals surface area contributed by atoms with Crippen LogP contribution in [0.1, 0.15) is 18.7 Å². The molecule has 0 spiro atoms. The van der Waals surface area contributed by atoms with Crippen molar-refractivity contribution < 1.29 is 9.90 Å². The first-order valence-electron chi connectivity index (χ1n) is 7.98. The van der Waals surface area contributed by atoms with Crippen LogP contribution in [0.4, 0.5) is 0 Å². The van der Waals surface area contributed by atoms with E-state index in [0.717, 1.165) is 12.4 Å². The average Bonchev–Trinajstić information content (AvgIpc) is 3.12. The van der Waals surface area contributed by atoms with Crippen molar-refractivity contribution in [3.8, 4) is 0 Å². The van der Waals surface area contributed by atoms with Crippen LogP contribution in [-0.4, -0.2) is 52.9 Å². The number of amides is 1. The Hall–Kier alpha value is -2.22. The van der Waals surface area contributed by atoms with Crippen LogP contribution in [0.15, 0.2) is 25.0 Å². The van der Waals surface area contributed by atoms with E-state index in [1.807, 2.05) is 15.8 Å². The van der Waals surface area contributed by atoms with Crippen LogP contribution in [-0.2, 0) is 24.4 Å². The Morgan fingerprint density at radius 3 is 2.96 bits per heavy atom. The zero-order valence-electron chi connectivity index (χ0n) is 12.8. The van der Waals surface area contributed by atoms with E-state index < -0.39 is 0 Å². The van der Waals surface area contributed by atoms with Gasteiger partial charge in [0, 0.05) is 43.9 Å². The number of imidazole rings is 1. The lowest BCUT2D eigenvalue weighted by atomic mass is 9.81. The highest BCUT2D eigenvalue weighted by Gasteiger charge is 2.37. The predicted molar refractivity (Wildman–Crippen MR) is 79.9 cm³/mol. The zero-order valence-corrected chi connectivity index (χ0v) is 12.8. The standard InChI is InChI=1S/C15H20N6O2/c22-13-3-12(4-13)15(23)20-6-11(7-21-10-16-9-18-21)5-19-2-1-17-14(19)8-20/h1-2,9-13,22H,3-8H2. The fourth-order valence-corrected chi connectivity index (χ4v) is 3.46. The number of rotatable bonds is 3. The van der Waals surface area contributed by atoms with E-state index in [0.29, 0.717) is 32.5 Å². The van der Waals surface area contributed by atoms with E-state index in [2.05, 4.69) is 19.6 Å². The Kier molecular flexibility index (Phi) is 3.60. The van der Waals surface area contributed by atoms with Crippen LogP contribution in [0.25, 0.3) is 0 Å². The van der Waals surface area contributed by atoms with Crippen molar-refractivity contribution in [2.45, 2.75) is 38.6 Å². The number of nitrogens with zero attached hydrogens (tertiary/aromatic N) is 6. The summed E-state index contributed by atoms with van der Waals surface area (Å²) in [7, 11) is 0. The normalized spacial score (nSPS) is 27.2. The molecule has 4 rings (SSSR count). The number of aliphatic hydroxyl groups excluding tert-OH is 1. The lowest BCUT2D eigenvalue weighted by molar-refractivity contribution is -0.143. The van der Waals surface area contributed by atoms with Crippen LogP contribution in [0.2, 0.25) is 0 Å². The molecule has 1 unspecified atom stereocenters. The number of carbonyl (C=O) groups excluding carboxylic acids is 1. The first kappa shape index (κ1) is 14.4. The molecule has 122 valence electrons. The van der Waals surface area contributed by atoms with E-state index in [4.69, 9.17) is 0 Å². The third kappa shape index (κ3) is 2.86. The SMILES string of the molecule is O=C(C1CC(O)C1)N1Cc2nccn2CC(Cn2cncn2)C1. The highest BCUT2D eigenvalue weighted by atomic mass is 16.3. The summed E-state index contributed by atoms with van der Waals surface area (Å²) in [5.74, 6) is 1.26.